The molecule has 3 heterocycles. The van der Waals surface area contributed by atoms with Crippen LogP contribution >= 0.6 is 0 Å². The average molecular weight is 456 g/mol. The van der Waals surface area contributed by atoms with Crippen molar-refractivity contribution in [2.24, 2.45) is 0 Å². The van der Waals surface area contributed by atoms with E-state index >= 15 is 0 Å². The third kappa shape index (κ3) is 4.89. The van der Waals surface area contributed by atoms with Crippen LogP contribution in [-0.2, 0) is 16.1 Å². The second kappa shape index (κ2) is 9.72. The van der Waals surface area contributed by atoms with Gasteiger partial charge in [0.2, 0.25) is 11.9 Å². The summed E-state index contributed by atoms with van der Waals surface area (Å²) in [5.74, 6) is 0.253. The van der Waals surface area contributed by atoms with Crippen molar-refractivity contribution in [3.05, 3.63) is 79.1 Å². The molecule has 1 aliphatic rings. The number of ether oxygens (including phenoxy) is 1. The molecule has 2 aromatic heterocycles. The van der Waals surface area contributed by atoms with Crippen molar-refractivity contribution < 1.29 is 9.53 Å². The Bertz CT molecular complexity index is 1310. The van der Waals surface area contributed by atoms with Crippen molar-refractivity contribution in [2.75, 3.05) is 41.8 Å². The Morgan fingerprint density at radius 3 is 2.71 bits per heavy atom. The van der Waals surface area contributed by atoms with Crippen molar-refractivity contribution in [1.29, 1.82) is 0 Å². The Kier molecular flexibility index (Phi) is 6.17. The molecular formula is C25H25N7O2. The van der Waals surface area contributed by atoms with Gasteiger partial charge in [-0.25, -0.2) is 9.67 Å². The number of amides is 1. The van der Waals surface area contributed by atoms with E-state index in [1.54, 1.807) is 12.4 Å². The van der Waals surface area contributed by atoms with E-state index < -0.39 is 0 Å². The SMILES string of the molecule is C=CC(=O)Nc1cccc(Cn2ncc3cnc(Nc4ccc(N5CCOCC5)cc4)nc32)c1. The first-order chi connectivity index (χ1) is 16.7. The van der Waals surface area contributed by atoms with E-state index in [2.05, 4.69) is 44.3 Å². The van der Waals surface area contributed by atoms with Crippen LogP contribution in [0.2, 0.25) is 0 Å². The van der Waals surface area contributed by atoms with E-state index in [0.29, 0.717) is 18.2 Å². The standard InChI is InChI=1S/C25H25N7O2/c1-2-23(33)28-21-5-3-4-18(14-21)17-32-24-19(16-27-32)15-26-25(30-24)29-20-6-8-22(9-7-20)31-10-12-34-13-11-31/h2-9,14-16H,1,10-13,17H2,(H,28,33)(H,26,29,30). The number of nitrogens with one attached hydrogen (secondary N) is 2. The number of anilines is 4. The lowest BCUT2D eigenvalue weighted by molar-refractivity contribution is -0.111. The van der Waals surface area contributed by atoms with Crippen LogP contribution in [0.15, 0.2) is 73.6 Å². The zero-order chi connectivity index (χ0) is 23.3. The fraction of sp³-hybridized carbons (Fsp3) is 0.200. The van der Waals surface area contributed by atoms with Gasteiger partial charge in [0.25, 0.3) is 0 Å². The van der Waals surface area contributed by atoms with E-state index in [1.165, 1.54) is 11.8 Å². The summed E-state index contributed by atoms with van der Waals surface area (Å²) in [6.07, 6.45) is 4.76. The predicted molar refractivity (Wildman–Crippen MR) is 132 cm³/mol. The number of rotatable bonds is 7. The molecule has 0 bridgehead atoms. The molecule has 0 atom stereocenters. The molecular weight excluding hydrogens is 430 g/mol. The highest BCUT2D eigenvalue weighted by atomic mass is 16.5. The maximum Gasteiger partial charge on any atom is 0.247 e. The first-order valence-electron chi connectivity index (χ1n) is 11.1. The van der Waals surface area contributed by atoms with Gasteiger partial charge in [-0.3, -0.25) is 4.79 Å². The Labute approximate surface area is 197 Å². The molecule has 1 amide bonds. The number of hydrogen-bond donors (Lipinski definition) is 2. The van der Waals surface area contributed by atoms with E-state index in [4.69, 9.17) is 9.72 Å². The lowest BCUT2D eigenvalue weighted by atomic mass is 10.2. The van der Waals surface area contributed by atoms with Gasteiger partial charge >= 0.3 is 0 Å². The average Bonchev–Trinajstić information content (AvgIpc) is 3.27. The highest BCUT2D eigenvalue weighted by Gasteiger charge is 2.12. The minimum atomic E-state index is -0.247. The topological polar surface area (TPSA) is 97.2 Å². The molecule has 4 aromatic rings. The van der Waals surface area contributed by atoms with Crippen LogP contribution in [-0.4, -0.2) is 52.0 Å². The normalized spacial score (nSPS) is 13.6. The zero-order valence-electron chi connectivity index (χ0n) is 18.6. The number of nitrogens with zero attached hydrogens (tertiary/aromatic N) is 5. The third-order valence-electron chi connectivity index (χ3n) is 5.59. The zero-order valence-corrected chi connectivity index (χ0v) is 18.6. The Morgan fingerprint density at radius 1 is 1.09 bits per heavy atom. The molecule has 9 nitrogen and oxygen atoms in total. The van der Waals surface area contributed by atoms with E-state index in [-0.39, 0.29) is 5.91 Å². The molecule has 0 spiro atoms. The van der Waals surface area contributed by atoms with Crippen LogP contribution < -0.4 is 15.5 Å². The van der Waals surface area contributed by atoms with Crippen LogP contribution in [0.3, 0.4) is 0 Å². The fourth-order valence-corrected chi connectivity index (χ4v) is 3.86. The van der Waals surface area contributed by atoms with E-state index in [1.807, 2.05) is 41.1 Å². The van der Waals surface area contributed by atoms with Crippen molar-refractivity contribution in [1.82, 2.24) is 19.7 Å². The number of benzene rings is 2. The fourth-order valence-electron chi connectivity index (χ4n) is 3.86. The highest BCUT2D eigenvalue weighted by molar-refractivity contribution is 5.98. The largest absolute Gasteiger partial charge is 0.378 e. The molecule has 9 heteroatoms. The van der Waals surface area contributed by atoms with Crippen LogP contribution in [0.5, 0.6) is 0 Å². The summed E-state index contributed by atoms with van der Waals surface area (Å²) in [5.41, 5.74) is 4.50. The molecule has 2 N–H and O–H groups in total. The molecule has 0 saturated carbocycles. The third-order valence-corrected chi connectivity index (χ3v) is 5.59. The van der Waals surface area contributed by atoms with Gasteiger partial charge in [0.15, 0.2) is 5.65 Å². The van der Waals surface area contributed by atoms with Crippen LogP contribution in [0.25, 0.3) is 11.0 Å². The van der Waals surface area contributed by atoms with Gasteiger partial charge in [-0.2, -0.15) is 10.1 Å². The Balaban J connectivity index is 1.32. The molecule has 1 saturated heterocycles. The highest BCUT2D eigenvalue weighted by Crippen LogP contribution is 2.22. The van der Waals surface area contributed by atoms with Gasteiger partial charge in [0, 0.05) is 36.3 Å². The summed E-state index contributed by atoms with van der Waals surface area (Å²) >= 11 is 0. The molecule has 1 aliphatic heterocycles. The van der Waals surface area contributed by atoms with Gasteiger partial charge in [0.1, 0.15) is 0 Å². The van der Waals surface area contributed by atoms with Crippen LogP contribution in [0, 0.1) is 0 Å². The number of carbonyl (C=O) groups excluding carboxylic acids is 1. The first-order valence-corrected chi connectivity index (χ1v) is 11.1. The number of morpholine rings is 1. The van der Waals surface area contributed by atoms with Crippen LogP contribution in [0.1, 0.15) is 5.56 Å². The molecule has 5 rings (SSSR count). The molecule has 1 fully saturated rings. The molecule has 2 aromatic carbocycles. The molecule has 0 aliphatic carbocycles. The summed E-state index contributed by atoms with van der Waals surface area (Å²) in [7, 11) is 0. The minimum absolute atomic E-state index is 0.247. The van der Waals surface area contributed by atoms with Crippen molar-refractivity contribution in [2.45, 2.75) is 6.54 Å². The van der Waals surface area contributed by atoms with Gasteiger partial charge in [-0.1, -0.05) is 18.7 Å². The molecule has 34 heavy (non-hydrogen) atoms. The van der Waals surface area contributed by atoms with Crippen molar-refractivity contribution in [3.63, 3.8) is 0 Å². The summed E-state index contributed by atoms with van der Waals surface area (Å²) in [6, 6.07) is 15.8. The molecule has 0 unspecified atom stereocenters. The first kappa shape index (κ1) is 21.6. The summed E-state index contributed by atoms with van der Waals surface area (Å²) in [4.78, 5) is 23.0. The quantitative estimate of drug-likeness (QED) is 0.411. The smallest absolute Gasteiger partial charge is 0.247 e. The van der Waals surface area contributed by atoms with Crippen molar-refractivity contribution in [3.8, 4) is 0 Å². The summed E-state index contributed by atoms with van der Waals surface area (Å²) in [6.45, 7) is 7.32. The number of fused-ring (bicyclic) bond motifs is 1. The number of carbonyl (C=O) groups is 1. The maximum atomic E-state index is 11.6. The minimum Gasteiger partial charge on any atom is -0.378 e. The predicted octanol–water partition coefficient (Wildman–Crippen LogP) is 3.58. The monoisotopic (exact) mass is 455 g/mol. The summed E-state index contributed by atoms with van der Waals surface area (Å²) < 4.78 is 7.24. The Morgan fingerprint density at radius 2 is 1.91 bits per heavy atom. The van der Waals surface area contributed by atoms with Gasteiger partial charge in [-0.05, 0) is 48.0 Å². The van der Waals surface area contributed by atoms with Gasteiger partial charge < -0.3 is 20.3 Å². The van der Waals surface area contributed by atoms with E-state index in [0.717, 1.165) is 48.6 Å². The lowest BCUT2D eigenvalue weighted by Crippen LogP contribution is -2.36. The van der Waals surface area contributed by atoms with Gasteiger partial charge in [0.05, 0.1) is 31.3 Å². The second-order valence-electron chi connectivity index (χ2n) is 7.94. The maximum absolute atomic E-state index is 11.6. The molecule has 0 radical (unpaired) electrons. The number of hydrogen-bond acceptors (Lipinski definition) is 7. The molecule has 172 valence electrons. The van der Waals surface area contributed by atoms with Crippen LogP contribution in [0.4, 0.5) is 23.0 Å². The van der Waals surface area contributed by atoms with E-state index in [9.17, 15) is 4.79 Å². The number of aromatic nitrogens is 4. The second-order valence-corrected chi connectivity index (χ2v) is 7.94. The summed E-state index contributed by atoms with van der Waals surface area (Å²) in [5, 5.41) is 11.4. The lowest BCUT2D eigenvalue weighted by Gasteiger charge is -2.28. The van der Waals surface area contributed by atoms with Gasteiger partial charge in [-0.15, -0.1) is 0 Å². The van der Waals surface area contributed by atoms with Crippen molar-refractivity contribution >= 4 is 40.0 Å². The Hall–Kier alpha value is -4.24.